The van der Waals surface area contributed by atoms with Crippen molar-refractivity contribution in [1.29, 1.82) is 0 Å². The number of unbranched alkanes of at least 4 members (excludes halogenated alkanes) is 1. The van der Waals surface area contributed by atoms with Crippen molar-refractivity contribution in [1.82, 2.24) is 0 Å². The Bertz CT molecular complexity index is 636. The monoisotopic (exact) mass is 338 g/mol. The van der Waals surface area contributed by atoms with Gasteiger partial charge in [-0.3, -0.25) is 0 Å². The van der Waals surface area contributed by atoms with Gasteiger partial charge in [0.25, 0.3) is 0 Å². The van der Waals surface area contributed by atoms with Crippen LogP contribution in [0.25, 0.3) is 0 Å². The summed E-state index contributed by atoms with van der Waals surface area (Å²) < 4.78 is 0. The van der Waals surface area contributed by atoms with Crippen molar-refractivity contribution >= 4 is 18.5 Å². The van der Waals surface area contributed by atoms with E-state index in [0.29, 0.717) is 0 Å². The molecule has 0 heterocycles. The molecule has 0 aromatic heterocycles. The van der Waals surface area contributed by atoms with Gasteiger partial charge in [0, 0.05) is 0 Å². The van der Waals surface area contributed by atoms with Crippen LogP contribution in [0.2, 0.25) is 0 Å². The second kappa shape index (κ2) is 8.13. The van der Waals surface area contributed by atoms with Crippen LogP contribution in [0, 0.1) is 41.5 Å². The first-order chi connectivity index (χ1) is 11.3. The molecule has 0 radical (unpaired) electrons. The molecule has 0 N–H and O–H groups in total. The Morgan fingerprint density at radius 1 is 0.750 bits per heavy atom. The van der Waals surface area contributed by atoms with Crippen molar-refractivity contribution in [2.45, 2.75) is 54.4 Å². The Kier molecular flexibility index (Phi) is 6.41. The van der Waals surface area contributed by atoms with Crippen LogP contribution in [0.15, 0.2) is 36.9 Å². The number of allylic oxidation sites excluding steroid dienone is 1. The van der Waals surface area contributed by atoms with Gasteiger partial charge in [0.15, 0.2) is 0 Å². The minimum absolute atomic E-state index is 0.318. The molecular formula is C23H31P. The maximum Gasteiger partial charge on any atom is -0.0137 e. The van der Waals surface area contributed by atoms with Crippen molar-refractivity contribution in [2.24, 2.45) is 0 Å². The van der Waals surface area contributed by atoms with Crippen LogP contribution >= 0.6 is 7.92 Å². The lowest BCUT2D eigenvalue weighted by Crippen LogP contribution is -2.23. The van der Waals surface area contributed by atoms with Gasteiger partial charge < -0.3 is 0 Å². The topological polar surface area (TPSA) is 0 Å². The van der Waals surface area contributed by atoms with Gasteiger partial charge in [0.05, 0.1) is 0 Å². The molecule has 0 unspecified atom stereocenters. The SMILES string of the molecule is C=CCCCP(c1c(C)cc(C)cc1C)c1c(C)cc(C)cc1C. The van der Waals surface area contributed by atoms with Crippen molar-refractivity contribution in [2.75, 3.05) is 6.16 Å². The average Bonchev–Trinajstić information content (AvgIpc) is 2.44. The predicted molar refractivity (Wildman–Crippen MR) is 112 cm³/mol. The van der Waals surface area contributed by atoms with Crippen LogP contribution in [-0.2, 0) is 0 Å². The fourth-order valence-electron chi connectivity index (χ4n) is 3.93. The van der Waals surface area contributed by atoms with E-state index in [2.05, 4.69) is 78.5 Å². The average molecular weight is 338 g/mol. The Balaban J connectivity index is 2.60. The number of benzene rings is 2. The van der Waals surface area contributed by atoms with Gasteiger partial charge in [-0.25, -0.2) is 0 Å². The Hall–Kier alpha value is -1.39. The highest BCUT2D eigenvalue weighted by Gasteiger charge is 2.21. The molecule has 0 atom stereocenters. The van der Waals surface area contributed by atoms with E-state index in [0.717, 1.165) is 6.42 Å². The summed E-state index contributed by atoms with van der Waals surface area (Å²) in [6.07, 6.45) is 5.62. The Morgan fingerprint density at radius 2 is 1.12 bits per heavy atom. The number of rotatable bonds is 6. The van der Waals surface area contributed by atoms with Crippen molar-refractivity contribution < 1.29 is 0 Å². The van der Waals surface area contributed by atoms with E-state index >= 15 is 0 Å². The molecule has 0 bridgehead atoms. The number of hydrogen-bond acceptors (Lipinski definition) is 0. The fourth-order valence-corrected chi connectivity index (χ4v) is 7.06. The molecule has 128 valence electrons. The molecule has 0 spiro atoms. The van der Waals surface area contributed by atoms with E-state index in [1.54, 1.807) is 10.6 Å². The van der Waals surface area contributed by atoms with E-state index in [1.165, 1.54) is 46.0 Å². The summed E-state index contributed by atoms with van der Waals surface area (Å²) in [6, 6.07) is 9.40. The van der Waals surface area contributed by atoms with Crippen molar-refractivity contribution in [3.05, 3.63) is 70.3 Å². The second-order valence-electron chi connectivity index (χ2n) is 7.08. The third-order valence-electron chi connectivity index (χ3n) is 4.60. The highest BCUT2D eigenvalue weighted by atomic mass is 31.1. The van der Waals surface area contributed by atoms with Crippen LogP contribution in [0.3, 0.4) is 0 Å². The molecule has 0 aliphatic rings. The Morgan fingerprint density at radius 3 is 1.46 bits per heavy atom. The molecule has 0 nitrogen and oxygen atoms in total. The number of aryl methyl sites for hydroxylation is 6. The van der Waals surface area contributed by atoms with Gasteiger partial charge in [-0.05, 0) is 101 Å². The molecule has 24 heavy (non-hydrogen) atoms. The van der Waals surface area contributed by atoms with Gasteiger partial charge >= 0.3 is 0 Å². The molecule has 0 saturated heterocycles. The van der Waals surface area contributed by atoms with Crippen molar-refractivity contribution in [3.63, 3.8) is 0 Å². The molecule has 2 aromatic carbocycles. The summed E-state index contributed by atoms with van der Waals surface area (Å²) in [5.41, 5.74) is 8.56. The van der Waals surface area contributed by atoms with Crippen LogP contribution in [0.5, 0.6) is 0 Å². The normalized spacial score (nSPS) is 11.1. The van der Waals surface area contributed by atoms with Crippen LogP contribution in [-0.4, -0.2) is 6.16 Å². The van der Waals surface area contributed by atoms with E-state index < -0.39 is 0 Å². The Labute approximate surface area is 149 Å². The zero-order chi connectivity index (χ0) is 17.9. The lowest BCUT2D eigenvalue weighted by Gasteiger charge is -2.27. The van der Waals surface area contributed by atoms with Gasteiger partial charge in [-0.2, -0.15) is 0 Å². The predicted octanol–water partition coefficient (Wildman–Crippen LogP) is 5.94. The summed E-state index contributed by atoms with van der Waals surface area (Å²) in [5, 5.41) is 3.18. The first kappa shape index (κ1) is 18.9. The van der Waals surface area contributed by atoms with Crippen LogP contribution < -0.4 is 10.6 Å². The fraction of sp³-hybridized carbons (Fsp3) is 0.391. The maximum atomic E-state index is 3.90. The lowest BCUT2D eigenvalue weighted by atomic mass is 10.1. The zero-order valence-electron chi connectivity index (χ0n) is 16.2. The minimum atomic E-state index is -0.318. The largest absolute Gasteiger partial charge is 0.103 e. The first-order valence-electron chi connectivity index (χ1n) is 8.89. The summed E-state index contributed by atoms with van der Waals surface area (Å²) >= 11 is 0. The molecule has 2 aromatic rings. The van der Waals surface area contributed by atoms with Gasteiger partial charge in [-0.15, -0.1) is 6.58 Å². The van der Waals surface area contributed by atoms with Gasteiger partial charge in [0.2, 0.25) is 0 Å². The molecule has 2 rings (SSSR count). The molecule has 0 fully saturated rings. The standard InChI is InChI=1S/C23H31P/c1-8-9-10-11-24(22-18(4)12-16(2)13-19(22)5)23-20(6)14-17(3)15-21(23)7/h8,12-15H,1,9-11H2,2-7H3. The minimum Gasteiger partial charge on any atom is -0.103 e. The van der Waals surface area contributed by atoms with Crippen molar-refractivity contribution in [3.8, 4) is 0 Å². The third kappa shape index (κ3) is 4.17. The molecule has 1 heteroatoms. The molecule has 0 aliphatic carbocycles. The highest BCUT2D eigenvalue weighted by Crippen LogP contribution is 2.40. The van der Waals surface area contributed by atoms with Gasteiger partial charge in [-0.1, -0.05) is 41.5 Å². The maximum absolute atomic E-state index is 3.90. The van der Waals surface area contributed by atoms with E-state index in [-0.39, 0.29) is 7.92 Å². The lowest BCUT2D eigenvalue weighted by molar-refractivity contribution is 0.970. The smallest absolute Gasteiger partial charge is 0.0137 e. The summed E-state index contributed by atoms with van der Waals surface area (Å²) in [4.78, 5) is 0. The summed E-state index contributed by atoms with van der Waals surface area (Å²) in [7, 11) is -0.318. The zero-order valence-corrected chi connectivity index (χ0v) is 17.1. The van der Waals surface area contributed by atoms with Gasteiger partial charge in [0.1, 0.15) is 0 Å². The van der Waals surface area contributed by atoms with E-state index in [9.17, 15) is 0 Å². The molecule has 0 aliphatic heterocycles. The number of hydrogen-bond donors (Lipinski definition) is 0. The molecule has 0 saturated carbocycles. The quantitative estimate of drug-likeness (QED) is 0.347. The van der Waals surface area contributed by atoms with Crippen LogP contribution in [0.1, 0.15) is 46.2 Å². The van der Waals surface area contributed by atoms with E-state index in [1.807, 2.05) is 0 Å². The summed E-state index contributed by atoms with van der Waals surface area (Å²) in [6.45, 7) is 17.5. The second-order valence-corrected chi connectivity index (χ2v) is 9.27. The first-order valence-corrected chi connectivity index (χ1v) is 10.4. The summed E-state index contributed by atoms with van der Waals surface area (Å²) in [5.74, 6) is 0. The molecular weight excluding hydrogens is 307 g/mol. The molecule has 0 amide bonds. The third-order valence-corrected chi connectivity index (χ3v) is 7.85. The van der Waals surface area contributed by atoms with Crippen LogP contribution in [0.4, 0.5) is 0 Å². The highest BCUT2D eigenvalue weighted by molar-refractivity contribution is 7.73. The van der Waals surface area contributed by atoms with E-state index in [4.69, 9.17) is 0 Å².